The van der Waals surface area contributed by atoms with Crippen molar-refractivity contribution in [2.24, 2.45) is 0 Å². The molecule has 0 saturated carbocycles. The van der Waals surface area contributed by atoms with E-state index >= 15 is 0 Å². The average molecular weight is 258 g/mol. The summed E-state index contributed by atoms with van der Waals surface area (Å²) in [5, 5.41) is 1.16. The van der Waals surface area contributed by atoms with Crippen molar-refractivity contribution in [2.45, 2.75) is 19.8 Å². The molecule has 1 aromatic carbocycles. The molecule has 84 valence electrons. The molecule has 0 aliphatic carbocycles. The topological polar surface area (TPSA) is 12.9 Å². The zero-order valence-corrected chi connectivity index (χ0v) is 10.2. The Labute approximate surface area is 103 Å². The summed E-state index contributed by atoms with van der Waals surface area (Å²) in [4.78, 5) is 4.06. The van der Waals surface area contributed by atoms with Gasteiger partial charge in [-0.15, -0.1) is 0 Å². The van der Waals surface area contributed by atoms with Crippen molar-refractivity contribution in [3.05, 3.63) is 39.8 Å². The molecule has 0 aliphatic heterocycles. The fourth-order valence-electron chi connectivity index (χ4n) is 1.65. The molecule has 0 bridgehead atoms. The highest BCUT2D eigenvalue weighted by Crippen LogP contribution is 2.27. The highest BCUT2D eigenvalue weighted by atomic mass is 35.5. The predicted molar refractivity (Wildman–Crippen MR) is 65.7 cm³/mol. The first-order valence-corrected chi connectivity index (χ1v) is 5.82. The second kappa shape index (κ2) is 4.56. The van der Waals surface area contributed by atoms with Crippen LogP contribution in [0.25, 0.3) is 10.9 Å². The molecule has 4 heteroatoms. The molecular weight excluding hydrogens is 248 g/mol. The summed E-state index contributed by atoms with van der Waals surface area (Å²) in [7, 11) is 0. The van der Waals surface area contributed by atoms with E-state index in [1.165, 1.54) is 6.07 Å². The molecule has 2 aromatic rings. The van der Waals surface area contributed by atoms with Gasteiger partial charge in [-0.25, -0.2) is 9.37 Å². The molecule has 0 N–H and O–H groups in total. The molecule has 2 rings (SSSR count). The quantitative estimate of drug-likeness (QED) is 0.715. The third-order valence-electron chi connectivity index (χ3n) is 2.42. The van der Waals surface area contributed by atoms with E-state index in [1.54, 1.807) is 6.07 Å². The third kappa shape index (κ3) is 2.00. The standard InChI is InChI=1S/C12H10Cl2FN/c1-2-3-8-6-7-4-5-9(13)10(15)11(7)16-12(8)14/h4-6H,2-3H2,1H3. The van der Waals surface area contributed by atoms with Gasteiger partial charge in [0.1, 0.15) is 10.7 Å². The molecule has 0 unspecified atom stereocenters. The number of nitrogens with zero attached hydrogens (tertiary/aromatic N) is 1. The molecule has 1 heterocycles. The first-order valence-electron chi connectivity index (χ1n) is 5.06. The molecule has 1 aromatic heterocycles. The number of pyridine rings is 1. The summed E-state index contributed by atoms with van der Waals surface area (Å²) in [6.45, 7) is 2.06. The Morgan fingerprint density at radius 1 is 1.31 bits per heavy atom. The Bertz CT molecular complexity index is 540. The van der Waals surface area contributed by atoms with Gasteiger partial charge in [-0.3, -0.25) is 0 Å². The highest BCUT2D eigenvalue weighted by Gasteiger charge is 2.10. The van der Waals surface area contributed by atoms with E-state index in [9.17, 15) is 4.39 Å². The number of benzene rings is 1. The Hall–Kier alpha value is -0.860. The van der Waals surface area contributed by atoms with E-state index in [2.05, 4.69) is 11.9 Å². The Morgan fingerprint density at radius 2 is 2.06 bits per heavy atom. The summed E-state index contributed by atoms with van der Waals surface area (Å²) in [6, 6.07) is 5.15. The van der Waals surface area contributed by atoms with E-state index in [-0.39, 0.29) is 10.5 Å². The number of rotatable bonds is 2. The Morgan fingerprint density at radius 3 is 2.75 bits per heavy atom. The van der Waals surface area contributed by atoms with Crippen molar-refractivity contribution >= 4 is 34.1 Å². The van der Waals surface area contributed by atoms with E-state index < -0.39 is 5.82 Å². The van der Waals surface area contributed by atoms with Crippen LogP contribution in [-0.4, -0.2) is 4.98 Å². The molecule has 0 atom stereocenters. The lowest BCUT2D eigenvalue weighted by Gasteiger charge is -2.06. The zero-order chi connectivity index (χ0) is 11.7. The van der Waals surface area contributed by atoms with E-state index in [4.69, 9.17) is 23.2 Å². The van der Waals surface area contributed by atoms with Crippen LogP contribution in [0.4, 0.5) is 4.39 Å². The van der Waals surface area contributed by atoms with Gasteiger partial charge in [0.25, 0.3) is 0 Å². The van der Waals surface area contributed by atoms with E-state index in [0.29, 0.717) is 5.15 Å². The molecule has 16 heavy (non-hydrogen) atoms. The first-order chi connectivity index (χ1) is 7.63. The number of fused-ring (bicyclic) bond motifs is 1. The van der Waals surface area contributed by atoms with Gasteiger partial charge in [0.15, 0.2) is 5.82 Å². The maximum Gasteiger partial charge on any atom is 0.168 e. The van der Waals surface area contributed by atoms with Crippen LogP contribution >= 0.6 is 23.2 Å². The molecule has 0 amide bonds. The fourth-order valence-corrected chi connectivity index (χ4v) is 2.03. The number of hydrogen-bond donors (Lipinski definition) is 0. The number of aromatic nitrogens is 1. The third-order valence-corrected chi connectivity index (χ3v) is 3.04. The SMILES string of the molecule is CCCc1cc2ccc(Cl)c(F)c2nc1Cl. The maximum atomic E-state index is 13.6. The van der Waals surface area contributed by atoms with Gasteiger partial charge in [-0.05, 0) is 24.1 Å². The molecule has 0 saturated heterocycles. The summed E-state index contributed by atoms with van der Waals surface area (Å²) in [5.74, 6) is -0.510. The smallest absolute Gasteiger partial charge is 0.168 e. The van der Waals surface area contributed by atoms with E-state index in [0.717, 1.165) is 23.8 Å². The molecule has 0 spiro atoms. The minimum absolute atomic E-state index is 0.0688. The second-order valence-electron chi connectivity index (χ2n) is 3.62. The zero-order valence-electron chi connectivity index (χ0n) is 8.73. The molecule has 0 radical (unpaired) electrons. The Kier molecular flexibility index (Phi) is 3.31. The lowest BCUT2D eigenvalue weighted by Crippen LogP contribution is -1.92. The molecular formula is C12H10Cl2FN. The lowest BCUT2D eigenvalue weighted by molar-refractivity contribution is 0.637. The minimum Gasteiger partial charge on any atom is -0.233 e. The molecule has 0 fully saturated rings. The molecule has 1 nitrogen and oxygen atoms in total. The highest BCUT2D eigenvalue weighted by molar-refractivity contribution is 6.32. The van der Waals surface area contributed by atoms with Gasteiger partial charge >= 0.3 is 0 Å². The summed E-state index contributed by atoms with van der Waals surface area (Å²) in [5.41, 5.74) is 1.18. The largest absolute Gasteiger partial charge is 0.233 e. The summed E-state index contributed by atoms with van der Waals surface area (Å²) >= 11 is 11.7. The van der Waals surface area contributed by atoms with Crippen LogP contribution in [0, 0.1) is 5.82 Å². The van der Waals surface area contributed by atoms with Crippen LogP contribution in [0.5, 0.6) is 0 Å². The predicted octanol–water partition coefficient (Wildman–Crippen LogP) is 4.63. The van der Waals surface area contributed by atoms with Crippen molar-refractivity contribution < 1.29 is 4.39 Å². The van der Waals surface area contributed by atoms with E-state index in [1.807, 2.05) is 6.07 Å². The Balaban J connectivity index is 2.69. The van der Waals surface area contributed by atoms with Crippen LogP contribution < -0.4 is 0 Å². The average Bonchev–Trinajstić information content (AvgIpc) is 2.26. The van der Waals surface area contributed by atoms with Gasteiger partial charge in [0.2, 0.25) is 0 Å². The van der Waals surface area contributed by atoms with Gasteiger partial charge in [-0.1, -0.05) is 42.6 Å². The van der Waals surface area contributed by atoms with Crippen molar-refractivity contribution in [2.75, 3.05) is 0 Å². The van der Waals surface area contributed by atoms with Crippen molar-refractivity contribution in [3.8, 4) is 0 Å². The summed E-state index contributed by atoms with van der Waals surface area (Å²) in [6.07, 6.45) is 1.81. The maximum absolute atomic E-state index is 13.6. The van der Waals surface area contributed by atoms with Crippen LogP contribution in [-0.2, 0) is 6.42 Å². The lowest BCUT2D eigenvalue weighted by atomic mass is 10.1. The van der Waals surface area contributed by atoms with Gasteiger partial charge < -0.3 is 0 Å². The van der Waals surface area contributed by atoms with Crippen molar-refractivity contribution in [1.29, 1.82) is 0 Å². The number of halogens is 3. The van der Waals surface area contributed by atoms with Crippen LogP contribution in [0.15, 0.2) is 18.2 Å². The monoisotopic (exact) mass is 257 g/mol. The van der Waals surface area contributed by atoms with Crippen LogP contribution in [0.2, 0.25) is 10.2 Å². The second-order valence-corrected chi connectivity index (χ2v) is 4.39. The minimum atomic E-state index is -0.510. The normalized spacial score (nSPS) is 11.0. The number of aryl methyl sites for hydroxylation is 1. The van der Waals surface area contributed by atoms with Gasteiger partial charge in [0.05, 0.1) is 5.02 Å². The molecule has 0 aliphatic rings. The van der Waals surface area contributed by atoms with Crippen molar-refractivity contribution in [1.82, 2.24) is 4.98 Å². The van der Waals surface area contributed by atoms with Crippen LogP contribution in [0.1, 0.15) is 18.9 Å². The first kappa shape index (κ1) is 11.6. The fraction of sp³-hybridized carbons (Fsp3) is 0.250. The number of hydrogen-bond acceptors (Lipinski definition) is 1. The van der Waals surface area contributed by atoms with Crippen LogP contribution in [0.3, 0.4) is 0 Å². The van der Waals surface area contributed by atoms with Crippen molar-refractivity contribution in [3.63, 3.8) is 0 Å². The van der Waals surface area contributed by atoms with Gasteiger partial charge in [0, 0.05) is 5.39 Å². The van der Waals surface area contributed by atoms with Gasteiger partial charge in [-0.2, -0.15) is 0 Å². The summed E-state index contributed by atoms with van der Waals surface area (Å²) < 4.78 is 13.6.